The zero-order valence-electron chi connectivity index (χ0n) is 14.7. The third-order valence-corrected chi connectivity index (χ3v) is 3.59. The van der Waals surface area contributed by atoms with E-state index in [0.29, 0.717) is 22.9 Å². The molecule has 6 heteroatoms. The summed E-state index contributed by atoms with van der Waals surface area (Å²) in [5.41, 5.74) is 2.06. The fraction of sp³-hybridized carbons (Fsp3) is 0.316. The van der Waals surface area contributed by atoms with Gasteiger partial charge in [0.05, 0.1) is 24.6 Å². The van der Waals surface area contributed by atoms with Crippen molar-refractivity contribution in [2.45, 2.75) is 20.3 Å². The van der Waals surface area contributed by atoms with Crippen LogP contribution in [-0.2, 0) is 4.74 Å². The van der Waals surface area contributed by atoms with Crippen molar-refractivity contribution < 1.29 is 14.3 Å². The Morgan fingerprint density at radius 2 is 1.96 bits per heavy atom. The van der Waals surface area contributed by atoms with E-state index >= 15 is 0 Å². The third-order valence-electron chi connectivity index (χ3n) is 3.59. The largest absolute Gasteiger partial charge is 0.465 e. The lowest BCUT2D eigenvalue weighted by molar-refractivity contribution is 0.0600. The Labute approximate surface area is 147 Å². The van der Waals surface area contributed by atoms with E-state index in [9.17, 15) is 9.59 Å². The number of amides is 1. The molecule has 0 unspecified atom stereocenters. The lowest BCUT2D eigenvalue weighted by atomic mass is 10.1. The summed E-state index contributed by atoms with van der Waals surface area (Å²) in [6, 6.07) is 10.1. The van der Waals surface area contributed by atoms with E-state index in [-0.39, 0.29) is 5.91 Å². The molecule has 1 heterocycles. The van der Waals surface area contributed by atoms with Gasteiger partial charge in [-0.2, -0.15) is 0 Å². The van der Waals surface area contributed by atoms with Gasteiger partial charge in [0.1, 0.15) is 5.69 Å². The van der Waals surface area contributed by atoms with Crippen LogP contribution in [0.4, 0.5) is 11.4 Å². The summed E-state index contributed by atoms with van der Waals surface area (Å²) in [7, 11) is 1.31. The fourth-order valence-corrected chi connectivity index (χ4v) is 2.17. The number of carbonyl (C=O) groups is 2. The Balaban J connectivity index is 1.98. The zero-order valence-corrected chi connectivity index (χ0v) is 14.7. The van der Waals surface area contributed by atoms with Gasteiger partial charge in [0.25, 0.3) is 5.91 Å². The smallest absolute Gasteiger partial charge is 0.337 e. The Morgan fingerprint density at radius 1 is 1.16 bits per heavy atom. The molecular weight excluding hydrogens is 318 g/mol. The summed E-state index contributed by atoms with van der Waals surface area (Å²) in [5, 5.41) is 6.00. The highest BCUT2D eigenvalue weighted by Crippen LogP contribution is 2.14. The van der Waals surface area contributed by atoms with E-state index in [1.807, 2.05) is 6.07 Å². The maximum Gasteiger partial charge on any atom is 0.337 e. The van der Waals surface area contributed by atoms with Gasteiger partial charge >= 0.3 is 5.97 Å². The topological polar surface area (TPSA) is 80.3 Å². The van der Waals surface area contributed by atoms with E-state index in [1.165, 1.54) is 7.11 Å². The number of carbonyl (C=O) groups excluding carboxylic acids is 2. The highest BCUT2D eigenvalue weighted by Gasteiger charge is 2.10. The van der Waals surface area contributed by atoms with Crippen molar-refractivity contribution in [1.29, 1.82) is 0 Å². The minimum Gasteiger partial charge on any atom is -0.465 e. The third kappa shape index (κ3) is 5.60. The van der Waals surface area contributed by atoms with Gasteiger partial charge in [0, 0.05) is 12.2 Å². The normalized spacial score (nSPS) is 10.4. The minimum absolute atomic E-state index is 0.304. The first-order valence-corrected chi connectivity index (χ1v) is 8.19. The maximum absolute atomic E-state index is 12.3. The van der Waals surface area contributed by atoms with Crippen LogP contribution in [0.5, 0.6) is 0 Å². The number of ether oxygens (including phenoxy) is 1. The number of rotatable bonds is 7. The van der Waals surface area contributed by atoms with Crippen LogP contribution in [0.25, 0.3) is 0 Å². The molecule has 0 bridgehead atoms. The number of anilines is 2. The van der Waals surface area contributed by atoms with Gasteiger partial charge in [-0.05, 0) is 42.7 Å². The van der Waals surface area contributed by atoms with Crippen LogP contribution < -0.4 is 10.6 Å². The highest BCUT2D eigenvalue weighted by molar-refractivity contribution is 6.03. The predicted molar refractivity (Wildman–Crippen MR) is 97.9 cm³/mol. The molecule has 1 amide bonds. The molecule has 0 aliphatic rings. The number of methoxy groups -OCH3 is 1. The number of hydrogen-bond donors (Lipinski definition) is 2. The standard InChI is InChI=1S/C19H23N3O3/c1-13(2)9-10-20-16-7-8-17(21-12-16)18(23)22-15-6-4-5-14(11-15)19(24)25-3/h4-8,11-13,20H,9-10H2,1-3H3,(H,22,23). The summed E-state index contributed by atoms with van der Waals surface area (Å²) < 4.78 is 4.67. The molecule has 1 aromatic heterocycles. The van der Waals surface area contributed by atoms with Crippen molar-refractivity contribution in [2.24, 2.45) is 5.92 Å². The van der Waals surface area contributed by atoms with Gasteiger partial charge in [0.2, 0.25) is 0 Å². The van der Waals surface area contributed by atoms with Gasteiger partial charge < -0.3 is 15.4 Å². The number of nitrogens with one attached hydrogen (secondary N) is 2. The van der Waals surface area contributed by atoms with E-state index in [1.54, 1.807) is 36.5 Å². The van der Waals surface area contributed by atoms with Crippen LogP contribution in [0.2, 0.25) is 0 Å². The first-order chi connectivity index (χ1) is 12.0. The SMILES string of the molecule is COC(=O)c1cccc(NC(=O)c2ccc(NCCC(C)C)cn2)c1. The van der Waals surface area contributed by atoms with Crippen LogP contribution in [0.1, 0.15) is 41.1 Å². The molecule has 0 atom stereocenters. The van der Waals surface area contributed by atoms with Crippen LogP contribution in [0.3, 0.4) is 0 Å². The van der Waals surface area contributed by atoms with Crippen molar-refractivity contribution in [1.82, 2.24) is 4.98 Å². The first-order valence-electron chi connectivity index (χ1n) is 8.19. The van der Waals surface area contributed by atoms with E-state index in [0.717, 1.165) is 18.7 Å². The van der Waals surface area contributed by atoms with Gasteiger partial charge in [-0.1, -0.05) is 19.9 Å². The van der Waals surface area contributed by atoms with Crippen LogP contribution >= 0.6 is 0 Å². The van der Waals surface area contributed by atoms with Crippen LogP contribution in [0.15, 0.2) is 42.6 Å². The molecule has 0 aliphatic carbocycles. The molecule has 0 spiro atoms. The average molecular weight is 341 g/mol. The number of hydrogen-bond acceptors (Lipinski definition) is 5. The summed E-state index contributed by atoms with van der Waals surface area (Å²) in [6.07, 6.45) is 2.71. The van der Waals surface area contributed by atoms with Crippen molar-refractivity contribution >= 4 is 23.3 Å². The molecule has 2 N–H and O–H groups in total. The second-order valence-corrected chi connectivity index (χ2v) is 6.07. The van der Waals surface area contributed by atoms with Crippen LogP contribution in [-0.4, -0.2) is 30.5 Å². The number of nitrogens with zero attached hydrogens (tertiary/aromatic N) is 1. The highest BCUT2D eigenvalue weighted by atomic mass is 16.5. The van der Waals surface area contributed by atoms with E-state index in [2.05, 4.69) is 34.2 Å². The quantitative estimate of drug-likeness (QED) is 0.753. The maximum atomic E-state index is 12.3. The van der Waals surface area contributed by atoms with Crippen molar-refractivity contribution in [3.05, 3.63) is 53.9 Å². The number of esters is 1. The number of pyridine rings is 1. The molecule has 1 aromatic carbocycles. The molecule has 0 saturated heterocycles. The Bertz CT molecular complexity index is 727. The molecule has 25 heavy (non-hydrogen) atoms. The number of benzene rings is 1. The van der Waals surface area contributed by atoms with Gasteiger partial charge in [-0.3, -0.25) is 4.79 Å². The summed E-state index contributed by atoms with van der Waals surface area (Å²) in [5.74, 6) is -0.159. The predicted octanol–water partition coefficient (Wildman–Crippen LogP) is 3.58. The Morgan fingerprint density at radius 3 is 2.60 bits per heavy atom. The second kappa shape index (κ2) is 8.82. The van der Waals surface area contributed by atoms with E-state index < -0.39 is 5.97 Å². The monoisotopic (exact) mass is 341 g/mol. The van der Waals surface area contributed by atoms with E-state index in [4.69, 9.17) is 0 Å². The molecule has 132 valence electrons. The molecule has 2 aromatic rings. The number of aromatic nitrogens is 1. The summed E-state index contributed by atoms with van der Waals surface area (Å²) in [6.45, 7) is 5.20. The summed E-state index contributed by atoms with van der Waals surface area (Å²) in [4.78, 5) is 28.0. The molecule has 0 saturated carbocycles. The fourth-order valence-electron chi connectivity index (χ4n) is 2.17. The Hall–Kier alpha value is -2.89. The molecule has 0 radical (unpaired) electrons. The first kappa shape index (κ1) is 18.4. The van der Waals surface area contributed by atoms with Gasteiger partial charge in [-0.25, -0.2) is 9.78 Å². The minimum atomic E-state index is -0.453. The van der Waals surface area contributed by atoms with Crippen LogP contribution in [0, 0.1) is 5.92 Å². The average Bonchev–Trinajstić information content (AvgIpc) is 2.61. The van der Waals surface area contributed by atoms with Crippen molar-refractivity contribution in [3.63, 3.8) is 0 Å². The molecule has 6 nitrogen and oxygen atoms in total. The lowest BCUT2D eigenvalue weighted by Crippen LogP contribution is -2.14. The summed E-state index contributed by atoms with van der Waals surface area (Å²) >= 11 is 0. The molecular formula is C19H23N3O3. The second-order valence-electron chi connectivity index (χ2n) is 6.07. The lowest BCUT2D eigenvalue weighted by Gasteiger charge is -2.09. The molecule has 0 fully saturated rings. The molecule has 0 aliphatic heterocycles. The zero-order chi connectivity index (χ0) is 18.2. The van der Waals surface area contributed by atoms with Gasteiger partial charge in [-0.15, -0.1) is 0 Å². The van der Waals surface area contributed by atoms with Crippen molar-refractivity contribution in [2.75, 3.05) is 24.3 Å². The molecule has 2 rings (SSSR count). The van der Waals surface area contributed by atoms with Crippen molar-refractivity contribution in [3.8, 4) is 0 Å². The van der Waals surface area contributed by atoms with Gasteiger partial charge in [0.15, 0.2) is 0 Å². The Kier molecular flexibility index (Phi) is 6.51.